The SMILES string of the molecule is CCCCS(=O)C(C(C)C)C(NC)c1ccccc1. The molecule has 1 aromatic rings. The second-order valence-electron chi connectivity index (χ2n) is 5.32. The summed E-state index contributed by atoms with van der Waals surface area (Å²) in [6.45, 7) is 6.48. The summed E-state index contributed by atoms with van der Waals surface area (Å²) in [6, 6.07) is 10.5. The molecular weight excluding hydrogens is 254 g/mol. The quantitative estimate of drug-likeness (QED) is 0.790. The Kier molecular flexibility index (Phi) is 7.32. The largest absolute Gasteiger partial charge is 0.312 e. The number of hydrogen-bond donors (Lipinski definition) is 1. The zero-order valence-electron chi connectivity index (χ0n) is 12.6. The molecule has 0 aromatic heterocycles. The molecule has 0 amide bonds. The van der Waals surface area contributed by atoms with Crippen LogP contribution in [-0.4, -0.2) is 22.3 Å². The lowest BCUT2D eigenvalue weighted by atomic mass is 9.96. The highest BCUT2D eigenvalue weighted by Crippen LogP contribution is 2.26. The molecule has 0 spiro atoms. The predicted octanol–water partition coefficient (Wildman–Crippen LogP) is 3.52. The van der Waals surface area contributed by atoms with E-state index in [9.17, 15) is 4.21 Å². The Morgan fingerprint density at radius 1 is 1.21 bits per heavy atom. The Hall–Kier alpha value is -0.670. The van der Waals surface area contributed by atoms with Crippen LogP contribution in [0.15, 0.2) is 30.3 Å². The molecule has 0 heterocycles. The van der Waals surface area contributed by atoms with Gasteiger partial charge in [0.05, 0.1) is 5.25 Å². The van der Waals surface area contributed by atoms with Crippen LogP contribution in [0.4, 0.5) is 0 Å². The van der Waals surface area contributed by atoms with Gasteiger partial charge in [-0.3, -0.25) is 4.21 Å². The van der Waals surface area contributed by atoms with Gasteiger partial charge in [-0.05, 0) is 24.9 Å². The van der Waals surface area contributed by atoms with Gasteiger partial charge in [0.25, 0.3) is 0 Å². The van der Waals surface area contributed by atoms with E-state index in [0.717, 1.165) is 18.6 Å². The van der Waals surface area contributed by atoms with Gasteiger partial charge in [0.2, 0.25) is 0 Å². The van der Waals surface area contributed by atoms with E-state index in [4.69, 9.17) is 0 Å². The molecule has 3 unspecified atom stereocenters. The lowest BCUT2D eigenvalue weighted by molar-refractivity contribution is 0.460. The molecule has 0 saturated carbocycles. The maximum Gasteiger partial charge on any atom is 0.0565 e. The molecular formula is C16H27NOS. The van der Waals surface area contributed by atoms with Crippen LogP contribution in [0.1, 0.15) is 45.2 Å². The Morgan fingerprint density at radius 2 is 1.84 bits per heavy atom. The van der Waals surface area contributed by atoms with Crippen molar-refractivity contribution in [2.45, 2.75) is 44.9 Å². The molecule has 3 heteroatoms. The standard InChI is InChI=1S/C16H27NOS/c1-5-6-12-19(18)16(13(2)3)15(17-4)14-10-8-7-9-11-14/h7-11,13,15-17H,5-6,12H2,1-4H3. The fraction of sp³-hybridized carbons (Fsp3) is 0.625. The first-order valence-corrected chi connectivity index (χ1v) is 8.59. The molecule has 0 saturated heterocycles. The fourth-order valence-corrected chi connectivity index (χ4v) is 4.49. The van der Waals surface area contributed by atoms with Crippen LogP contribution in [0.25, 0.3) is 0 Å². The molecule has 1 N–H and O–H groups in total. The first kappa shape index (κ1) is 16.4. The van der Waals surface area contributed by atoms with Crippen LogP contribution in [-0.2, 0) is 10.8 Å². The average molecular weight is 281 g/mol. The summed E-state index contributed by atoms with van der Waals surface area (Å²) in [4.78, 5) is 0. The third kappa shape index (κ3) is 4.73. The van der Waals surface area contributed by atoms with Crippen molar-refractivity contribution in [3.63, 3.8) is 0 Å². The van der Waals surface area contributed by atoms with Crippen LogP contribution < -0.4 is 5.32 Å². The first-order valence-electron chi connectivity index (χ1n) is 7.21. The number of unbranched alkanes of at least 4 members (excludes halogenated alkanes) is 1. The Morgan fingerprint density at radius 3 is 2.32 bits per heavy atom. The molecule has 0 aliphatic carbocycles. The zero-order valence-corrected chi connectivity index (χ0v) is 13.4. The van der Waals surface area contributed by atoms with Crippen molar-refractivity contribution in [1.82, 2.24) is 5.32 Å². The molecule has 0 aliphatic rings. The second-order valence-corrected chi connectivity index (χ2v) is 7.04. The van der Waals surface area contributed by atoms with Gasteiger partial charge >= 0.3 is 0 Å². The van der Waals surface area contributed by atoms with E-state index in [-0.39, 0.29) is 11.3 Å². The summed E-state index contributed by atoms with van der Waals surface area (Å²) in [5.41, 5.74) is 1.23. The maximum absolute atomic E-state index is 12.6. The fourth-order valence-electron chi connectivity index (χ4n) is 2.44. The summed E-state index contributed by atoms with van der Waals surface area (Å²) in [5, 5.41) is 3.53. The number of hydrogen-bond acceptors (Lipinski definition) is 2. The molecule has 1 aromatic carbocycles. The van der Waals surface area contributed by atoms with E-state index in [1.165, 1.54) is 5.56 Å². The van der Waals surface area contributed by atoms with E-state index in [1.807, 2.05) is 25.2 Å². The van der Waals surface area contributed by atoms with Crippen molar-refractivity contribution in [2.75, 3.05) is 12.8 Å². The highest BCUT2D eigenvalue weighted by molar-refractivity contribution is 7.85. The topological polar surface area (TPSA) is 29.1 Å². The van der Waals surface area contributed by atoms with Gasteiger partial charge in [0.1, 0.15) is 0 Å². The molecule has 0 fully saturated rings. The summed E-state index contributed by atoms with van der Waals surface area (Å²) in [7, 11) is 1.18. The summed E-state index contributed by atoms with van der Waals surface area (Å²) >= 11 is 0. The number of nitrogens with one attached hydrogen (secondary N) is 1. The minimum absolute atomic E-state index is 0.166. The highest BCUT2D eigenvalue weighted by atomic mass is 32.2. The van der Waals surface area contributed by atoms with Crippen molar-refractivity contribution in [3.05, 3.63) is 35.9 Å². The van der Waals surface area contributed by atoms with Crippen molar-refractivity contribution in [3.8, 4) is 0 Å². The average Bonchev–Trinajstić information content (AvgIpc) is 2.42. The van der Waals surface area contributed by atoms with Crippen LogP contribution >= 0.6 is 0 Å². The molecule has 108 valence electrons. The molecule has 0 radical (unpaired) electrons. The molecule has 0 bridgehead atoms. The van der Waals surface area contributed by atoms with E-state index < -0.39 is 10.8 Å². The molecule has 2 nitrogen and oxygen atoms in total. The van der Waals surface area contributed by atoms with E-state index in [2.05, 4.69) is 38.2 Å². The van der Waals surface area contributed by atoms with Gasteiger partial charge in [0.15, 0.2) is 0 Å². The van der Waals surface area contributed by atoms with E-state index in [0.29, 0.717) is 5.92 Å². The van der Waals surface area contributed by atoms with Gasteiger partial charge in [-0.15, -0.1) is 0 Å². The monoisotopic (exact) mass is 281 g/mol. The second kappa shape index (κ2) is 8.49. The van der Waals surface area contributed by atoms with Crippen molar-refractivity contribution in [1.29, 1.82) is 0 Å². The third-order valence-electron chi connectivity index (χ3n) is 3.46. The van der Waals surface area contributed by atoms with Gasteiger partial charge in [-0.1, -0.05) is 57.5 Å². The van der Waals surface area contributed by atoms with Gasteiger partial charge in [-0.2, -0.15) is 0 Å². The minimum Gasteiger partial charge on any atom is -0.312 e. The Labute approximate surface area is 120 Å². The molecule has 19 heavy (non-hydrogen) atoms. The lowest BCUT2D eigenvalue weighted by Crippen LogP contribution is -2.37. The molecule has 3 atom stereocenters. The Balaban J connectivity index is 2.92. The summed E-state index contributed by atoms with van der Waals surface area (Å²) in [6.07, 6.45) is 2.15. The third-order valence-corrected chi connectivity index (χ3v) is 5.57. The predicted molar refractivity (Wildman–Crippen MR) is 84.8 cm³/mol. The minimum atomic E-state index is -0.781. The van der Waals surface area contributed by atoms with Crippen LogP contribution in [0.5, 0.6) is 0 Å². The number of benzene rings is 1. The highest BCUT2D eigenvalue weighted by Gasteiger charge is 2.29. The van der Waals surface area contributed by atoms with E-state index >= 15 is 0 Å². The van der Waals surface area contributed by atoms with Crippen molar-refractivity contribution < 1.29 is 4.21 Å². The normalized spacial score (nSPS) is 16.3. The van der Waals surface area contributed by atoms with Gasteiger partial charge in [0, 0.05) is 22.6 Å². The molecule has 1 rings (SSSR count). The summed E-state index contributed by atoms with van der Waals surface area (Å²) in [5.74, 6) is 1.21. The van der Waals surface area contributed by atoms with Gasteiger partial charge < -0.3 is 5.32 Å². The van der Waals surface area contributed by atoms with Gasteiger partial charge in [-0.25, -0.2) is 0 Å². The summed E-state index contributed by atoms with van der Waals surface area (Å²) < 4.78 is 12.6. The first-order chi connectivity index (χ1) is 9.11. The Bertz CT molecular complexity index is 378. The van der Waals surface area contributed by atoms with Crippen LogP contribution in [0, 0.1) is 5.92 Å². The van der Waals surface area contributed by atoms with Crippen molar-refractivity contribution in [2.24, 2.45) is 5.92 Å². The number of rotatable bonds is 8. The zero-order chi connectivity index (χ0) is 14.3. The van der Waals surface area contributed by atoms with E-state index in [1.54, 1.807) is 0 Å². The molecule has 0 aliphatic heterocycles. The van der Waals surface area contributed by atoms with Crippen LogP contribution in [0.3, 0.4) is 0 Å². The maximum atomic E-state index is 12.6. The smallest absolute Gasteiger partial charge is 0.0565 e. The lowest BCUT2D eigenvalue weighted by Gasteiger charge is -2.29. The van der Waals surface area contributed by atoms with Crippen LogP contribution in [0.2, 0.25) is 0 Å². The van der Waals surface area contributed by atoms with Crippen molar-refractivity contribution >= 4 is 10.8 Å².